The Morgan fingerprint density at radius 2 is 2.15 bits per heavy atom. The third-order valence-electron chi connectivity index (χ3n) is 1.88. The first-order chi connectivity index (χ1) is 6.24. The van der Waals surface area contributed by atoms with Crippen LogP contribution >= 0.6 is 12.6 Å². The number of thiol groups is 1. The van der Waals surface area contributed by atoms with Crippen molar-refractivity contribution in [3.8, 4) is 0 Å². The van der Waals surface area contributed by atoms with Gasteiger partial charge < -0.3 is 5.32 Å². The lowest BCUT2D eigenvalue weighted by Crippen LogP contribution is -2.24. The van der Waals surface area contributed by atoms with Gasteiger partial charge in [0.05, 0.1) is 5.75 Å². The summed E-state index contributed by atoms with van der Waals surface area (Å²) in [6, 6.07) is 7.99. The summed E-state index contributed by atoms with van der Waals surface area (Å²) >= 11 is 3.88. The van der Waals surface area contributed by atoms with Crippen LogP contribution < -0.4 is 5.32 Å². The van der Waals surface area contributed by atoms with Gasteiger partial charge in [-0.2, -0.15) is 12.6 Å². The van der Waals surface area contributed by atoms with Gasteiger partial charge in [0, 0.05) is 6.54 Å². The van der Waals surface area contributed by atoms with E-state index in [0.717, 1.165) is 5.56 Å². The highest BCUT2D eigenvalue weighted by molar-refractivity contribution is 7.81. The fourth-order valence-electron chi connectivity index (χ4n) is 1.06. The zero-order valence-corrected chi connectivity index (χ0v) is 8.47. The molecule has 0 fully saturated rings. The molecule has 0 saturated heterocycles. The van der Waals surface area contributed by atoms with Gasteiger partial charge in [0.1, 0.15) is 0 Å². The smallest absolute Gasteiger partial charge is 0.229 e. The Hall–Kier alpha value is -0.960. The zero-order chi connectivity index (χ0) is 9.68. The molecule has 0 aliphatic carbocycles. The van der Waals surface area contributed by atoms with Gasteiger partial charge in [-0.15, -0.1) is 0 Å². The van der Waals surface area contributed by atoms with E-state index in [4.69, 9.17) is 0 Å². The Morgan fingerprint density at radius 3 is 2.77 bits per heavy atom. The molecule has 1 aromatic rings. The van der Waals surface area contributed by atoms with Crippen LogP contribution in [0.1, 0.15) is 11.1 Å². The lowest BCUT2D eigenvalue weighted by Gasteiger charge is -2.05. The van der Waals surface area contributed by atoms with Crippen LogP contribution in [0.4, 0.5) is 0 Å². The number of carbonyl (C=O) groups is 1. The van der Waals surface area contributed by atoms with Crippen molar-refractivity contribution in [2.24, 2.45) is 0 Å². The maximum atomic E-state index is 10.9. The van der Waals surface area contributed by atoms with Crippen LogP contribution in [0.25, 0.3) is 0 Å². The molecule has 3 heteroatoms. The molecule has 0 heterocycles. The van der Waals surface area contributed by atoms with E-state index >= 15 is 0 Å². The molecule has 0 atom stereocenters. The molecular formula is C10H13NOS. The molecule has 1 rings (SSSR count). The summed E-state index contributed by atoms with van der Waals surface area (Å²) in [6.45, 7) is 2.62. The minimum Gasteiger partial charge on any atom is -0.351 e. The molecule has 0 spiro atoms. The molecule has 70 valence electrons. The SMILES string of the molecule is Cc1ccccc1CNC(=O)CS. The summed E-state index contributed by atoms with van der Waals surface area (Å²) in [5, 5.41) is 2.77. The lowest BCUT2D eigenvalue weighted by molar-refractivity contribution is -0.118. The minimum absolute atomic E-state index is 0.0356. The van der Waals surface area contributed by atoms with Gasteiger partial charge in [-0.25, -0.2) is 0 Å². The predicted octanol–water partition coefficient (Wildman–Crippen LogP) is 1.54. The first-order valence-electron chi connectivity index (χ1n) is 4.16. The average molecular weight is 195 g/mol. The number of aryl methyl sites for hydroxylation is 1. The van der Waals surface area contributed by atoms with E-state index in [1.165, 1.54) is 5.56 Å². The number of benzene rings is 1. The van der Waals surface area contributed by atoms with Gasteiger partial charge in [-0.05, 0) is 18.1 Å². The van der Waals surface area contributed by atoms with E-state index in [1.807, 2.05) is 31.2 Å². The van der Waals surface area contributed by atoms with Gasteiger partial charge in [0.25, 0.3) is 0 Å². The predicted molar refractivity (Wildman–Crippen MR) is 56.9 cm³/mol. The Labute approximate surface area is 83.8 Å². The second kappa shape index (κ2) is 4.92. The Bertz CT molecular complexity index is 299. The first kappa shape index (κ1) is 10.1. The van der Waals surface area contributed by atoms with E-state index in [-0.39, 0.29) is 11.7 Å². The number of hydrogen-bond donors (Lipinski definition) is 2. The second-order valence-corrected chi connectivity index (χ2v) is 3.18. The van der Waals surface area contributed by atoms with Crippen LogP contribution in [-0.2, 0) is 11.3 Å². The third-order valence-corrected chi connectivity index (χ3v) is 2.17. The standard InChI is InChI=1S/C10H13NOS/c1-8-4-2-3-5-9(8)6-11-10(12)7-13/h2-5,13H,6-7H2,1H3,(H,11,12). The summed E-state index contributed by atoms with van der Waals surface area (Å²) < 4.78 is 0. The van der Waals surface area contributed by atoms with Crippen LogP contribution in [0.2, 0.25) is 0 Å². The van der Waals surface area contributed by atoms with Crippen molar-refractivity contribution in [3.63, 3.8) is 0 Å². The van der Waals surface area contributed by atoms with Gasteiger partial charge in [0.15, 0.2) is 0 Å². The van der Waals surface area contributed by atoms with E-state index in [1.54, 1.807) is 0 Å². The van der Waals surface area contributed by atoms with E-state index in [9.17, 15) is 4.79 Å². The van der Waals surface area contributed by atoms with Crippen molar-refractivity contribution in [1.82, 2.24) is 5.32 Å². The van der Waals surface area contributed by atoms with E-state index in [2.05, 4.69) is 17.9 Å². The van der Waals surface area contributed by atoms with Crippen LogP contribution in [-0.4, -0.2) is 11.7 Å². The molecule has 0 radical (unpaired) electrons. The van der Waals surface area contributed by atoms with Crippen LogP contribution in [0.15, 0.2) is 24.3 Å². The fourth-order valence-corrected chi connectivity index (χ4v) is 1.17. The lowest BCUT2D eigenvalue weighted by atomic mass is 10.1. The van der Waals surface area contributed by atoms with Crippen LogP contribution in [0.5, 0.6) is 0 Å². The molecular weight excluding hydrogens is 182 g/mol. The highest BCUT2D eigenvalue weighted by Crippen LogP contribution is 2.05. The number of nitrogens with one attached hydrogen (secondary N) is 1. The number of rotatable bonds is 3. The highest BCUT2D eigenvalue weighted by atomic mass is 32.1. The average Bonchev–Trinajstić information content (AvgIpc) is 2.16. The summed E-state index contributed by atoms with van der Waals surface area (Å²) in [7, 11) is 0. The van der Waals surface area contributed by atoms with Crippen molar-refractivity contribution >= 4 is 18.5 Å². The number of amides is 1. The van der Waals surface area contributed by atoms with E-state index in [0.29, 0.717) is 6.54 Å². The molecule has 1 aromatic carbocycles. The summed E-state index contributed by atoms with van der Waals surface area (Å²) in [5.74, 6) is 0.206. The molecule has 0 aliphatic rings. The van der Waals surface area contributed by atoms with Gasteiger partial charge in [0.2, 0.25) is 5.91 Å². The van der Waals surface area contributed by atoms with Crippen LogP contribution in [0, 0.1) is 6.92 Å². The molecule has 1 N–H and O–H groups in total. The van der Waals surface area contributed by atoms with Crippen LogP contribution in [0.3, 0.4) is 0 Å². The zero-order valence-electron chi connectivity index (χ0n) is 7.58. The highest BCUT2D eigenvalue weighted by Gasteiger charge is 1.99. The third kappa shape index (κ3) is 3.11. The minimum atomic E-state index is -0.0356. The topological polar surface area (TPSA) is 29.1 Å². The molecule has 13 heavy (non-hydrogen) atoms. The molecule has 0 bridgehead atoms. The summed E-state index contributed by atoms with van der Waals surface area (Å²) in [5.41, 5.74) is 2.35. The number of hydrogen-bond acceptors (Lipinski definition) is 2. The Kier molecular flexibility index (Phi) is 3.83. The van der Waals surface area contributed by atoms with Crippen molar-refractivity contribution in [2.45, 2.75) is 13.5 Å². The van der Waals surface area contributed by atoms with Crippen molar-refractivity contribution in [3.05, 3.63) is 35.4 Å². The largest absolute Gasteiger partial charge is 0.351 e. The Morgan fingerprint density at radius 1 is 1.46 bits per heavy atom. The van der Waals surface area contributed by atoms with E-state index < -0.39 is 0 Å². The second-order valence-electron chi connectivity index (χ2n) is 2.86. The normalized spacial score (nSPS) is 9.69. The molecule has 0 saturated carbocycles. The molecule has 2 nitrogen and oxygen atoms in total. The maximum Gasteiger partial charge on any atom is 0.229 e. The van der Waals surface area contributed by atoms with Crippen molar-refractivity contribution in [1.29, 1.82) is 0 Å². The van der Waals surface area contributed by atoms with Crippen molar-refractivity contribution in [2.75, 3.05) is 5.75 Å². The van der Waals surface area contributed by atoms with Gasteiger partial charge in [-0.3, -0.25) is 4.79 Å². The Balaban J connectivity index is 2.54. The summed E-state index contributed by atoms with van der Waals surface area (Å²) in [4.78, 5) is 10.9. The monoisotopic (exact) mass is 195 g/mol. The van der Waals surface area contributed by atoms with Gasteiger partial charge in [-0.1, -0.05) is 24.3 Å². The summed E-state index contributed by atoms with van der Waals surface area (Å²) in [6.07, 6.45) is 0. The quantitative estimate of drug-likeness (QED) is 0.704. The molecule has 0 aromatic heterocycles. The molecule has 0 aliphatic heterocycles. The maximum absolute atomic E-state index is 10.9. The number of carbonyl (C=O) groups excluding carboxylic acids is 1. The first-order valence-corrected chi connectivity index (χ1v) is 4.79. The molecule has 0 unspecified atom stereocenters. The van der Waals surface area contributed by atoms with Gasteiger partial charge >= 0.3 is 0 Å². The fraction of sp³-hybridized carbons (Fsp3) is 0.300. The van der Waals surface area contributed by atoms with Crippen molar-refractivity contribution < 1.29 is 4.79 Å². The molecule has 1 amide bonds.